The Morgan fingerprint density at radius 2 is 0.825 bits per heavy atom. The number of benzene rings is 6. The Balaban J connectivity index is 0.00000344. The van der Waals surface area contributed by atoms with Crippen LogP contribution >= 0.6 is 23.2 Å². The molecule has 7 N–H and O–H groups in total. The van der Waals surface area contributed by atoms with E-state index in [0.29, 0.717) is 23.5 Å². The van der Waals surface area contributed by atoms with Gasteiger partial charge in [0.25, 0.3) is 0 Å². The van der Waals surface area contributed by atoms with E-state index >= 15 is 0 Å². The van der Waals surface area contributed by atoms with Gasteiger partial charge in [0, 0.05) is 22.7 Å². The number of anilines is 9. The summed E-state index contributed by atoms with van der Waals surface area (Å²) in [5, 5.41) is 35.6. The number of hydrogen-bond acceptors (Lipinski definition) is 28. The van der Waals surface area contributed by atoms with Crippen molar-refractivity contribution in [1.29, 1.82) is 0 Å². The van der Waals surface area contributed by atoms with Crippen molar-refractivity contribution in [1.82, 2.24) is 29.9 Å². The smallest absolute Gasteiger partial charge is 0.744 e. The number of nitrogens with zero attached hydrogens (tertiary/aromatic N) is 10. The van der Waals surface area contributed by atoms with Crippen molar-refractivity contribution in [2.45, 2.75) is 33.4 Å². The molecular formula is C42H29Cl2N15Na4O13S4. The number of hydrogen-bond donors (Lipinski definition) is 6. The van der Waals surface area contributed by atoms with E-state index in [0.717, 1.165) is 47.5 Å². The molecule has 80 heavy (non-hydrogen) atoms. The van der Waals surface area contributed by atoms with Gasteiger partial charge >= 0.3 is 118 Å². The minimum Gasteiger partial charge on any atom is -0.744 e. The third-order valence-electron chi connectivity index (χ3n) is 10.3. The molecule has 392 valence electrons. The van der Waals surface area contributed by atoms with Gasteiger partial charge in [-0.1, -0.05) is 36.4 Å². The predicted octanol–water partition coefficient (Wildman–Crippen LogP) is -4.14. The first kappa shape index (κ1) is 68.3. The number of nitrogens with two attached hydrogens (primary N) is 1. The van der Waals surface area contributed by atoms with Crippen molar-refractivity contribution < 1.29 is 175 Å². The van der Waals surface area contributed by atoms with Gasteiger partial charge in [-0.05, 0) is 114 Å². The van der Waals surface area contributed by atoms with Crippen LogP contribution in [-0.4, -0.2) is 86.9 Å². The van der Waals surface area contributed by atoms with Crippen molar-refractivity contribution in [2.75, 3.05) is 27.0 Å². The first-order chi connectivity index (χ1) is 35.6. The third-order valence-corrected chi connectivity index (χ3v) is 14.1. The molecule has 2 heterocycles. The molecule has 8 rings (SSSR count). The van der Waals surface area contributed by atoms with Crippen LogP contribution < -0.4 is 145 Å². The minimum atomic E-state index is -5.78. The van der Waals surface area contributed by atoms with Crippen LogP contribution in [0.2, 0.25) is 10.6 Å². The molecule has 6 aromatic carbocycles. The fourth-order valence-corrected chi connectivity index (χ4v) is 9.72. The van der Waals surface area contributed by atoms with Crippen LogP contribution in [0.1, 0.15) is 11.1 Å². The number of para-hydroxylation sites is 2. The third kappa shape index (κ3) is 16.5. The first-order valence-corrected chi connectivity index (χ1v) is 27.1. The van der Waals surface area contributed by atoms with Gasteiger partial charge in [-0.2, -0.15) is 29.9 Å². The van der Waals surface area contributed by atoms with Crippen LogP contribution in [0.5, 0.6) is 5.75 Å². The number of phenolic OH excluding ortho intramolecular Hbond substituents is 1. The number of nitrogen functional groups attached to an aromatic ring is 1. The molecule has 0 aliphatic heterocycles. The van der Waals surface area contributed by atoms with Crippen molar-refractivity contribution in [3.05, 3.63) is 119 Å². The fraction of sp³-hybridized carbons (Fsp3) is 0.0476. The summed E-state index contributed by atoms with van der Waals surface area (Å²) in [4.78, 5) is 19.5. The Bertz CT molecular complexity index is 4000. The minimum absolute atomic E-state index is 0. The summed E-state index contributed by atoms with van der Waals surface area (Å²) >= 11 is 12.3. The molecule has 0 unspecified atom stereocenters. The average Bonchev–Trinajstić information content (AvgIpc) is 3.30. The van der Waals surface area contributed by atoms with Crippen LogP contribution in [0.3, 0.4) is 0 Å². The van der Waals surface area contributed by atoms with Crippen molar-refractivity contribution in [3.63, 3.8) is 0 Å². The molecule has 8 aromatic rings. The topological polar surface area (TPSA) is 450 Å². The second-order valence-electron chi connectivity index (χ2n) is 15.5. The maximum Gasteiger partial charge on any atom is 1.00 e. The molecule has 0 fully saturated rings. The molecule has 0 saturated heterocycles. The molecule has 28 nitrogen and oxygen atoms in total. The van der Waals surface area contributed by atoms with Gasteiger partial charge in [0.05, 0.1) is 30.7 Å². The zero-order chi connectivity index (χ0) is 55.1. The molecule has 0 aliphatic carbocycles. The largest absolute Gasteiger partial charge is 1.00 e. The Kier molecular flexibility index (Phi) is 23.5. The van der Waals surface area contributed by atoms with E-state index in [1.165, 1.54) is 0 Å². The fourth-order valence-electron chi connectivity index (χ4n) is 6.92. The summed E-state index contributed by atoms with van der Waals surface area (Å²) in [7, 11) is -22.4. The first-order valence-electron chi connectivity index (χ1n) is 20.7. The summed E-state index contributed by atoms with van der Waals surface area (Å²) in [6.07, 6.45) is 0. The number of fused-ring (bicyclic) bond motifs is 1. The number of nitrogens with one attached hydrogen (secondary N) is 4. The summed E-state index contributed by atoms with van der Waals surface area (Å²) in [5.41, 5.74) is 3.91. The van der Waals surface area contributed by atoms with Gasteiger partial charge in [0.15, 0.2) is 5.75 Å². The molecule has 0 radical (unpaired) electrons. The number of aryl methyl sites for hydroxylation is 2. The molecule has 0 bridgehead atoms. The number of azo groups is 2. The zero-order valence-corrected chi connectivity index (χ0v) is 54.8. The SMILES string of the molecule is Cc1ccccc1Nc1nc(Cl)nc(Nc2ccc(S(=O)(=O)[O-])c(N=Nc3c(S(=O)(=O)[O-])cc4cc(S(=O)(=O)[O-])c(N=Nc5cc(Nc6nc(Cl)nc(Nc7ccccc7C)n6)ccc5S(=O)(=O)[O-])c(O)c4c3N)c2)n1.[Na+].[Na+].[Na+].[Na+]. The number of rotatable bonds is 16. The summed E-state index contributed by atoms with van der Waals surface area (Å²) in [6, 6.07) is 20.5. The van der Waals surface area contributed by atoms with Crippen molar-refractivity contribution >= 4 is 149 Å². The van der Waals surface area contributed by atoms with Crippen molar-refractivity contribution in [2.24, 2.45) is 20.5 Å². The van der Waals surface area contributed by atoms with Gasteiger partial charge in [0.2, 0.25) is 34.4 Å². The molecule has 0 spiro atoms. The standard InChI is InChI=1S/C42H33Cl2N15O13S4.4Na/c1-19-7-3-5-9-24(19)48-41-52-37(43)50-39(54-41)46-22-11-13-28(73(61,62)63)26(17-22)56-58-34-30(75(67,68)69)15-21-16-31(76(70,71)72)35(36(60)32(21)33(34)45)59-57-27-18-23(12-14-29(27)74(64,65)66)47-40-51-38(44)53-42(55-40)49-25-10-6-4-8-20(25)2;;;;/h3-18,60H,45H2,1-2H3,(H,61,62,63)(H,64,65,66)(H,67,68,69)(H,70,71,72)(H2,46,48,50,52,54)(H2,47,49,51,53,55);;;;/q;4*+1/p-4. The van der Waals surface area contributed by atoms with Crippen LogP contribution in [-0.2, 0) is 40.5 Å². The van der Waals surface area contributed by atoms with Crippen molar-refractivity contribution in [3.8, 4) is 5.75 Å². The number of phenols is 1. The van der Waals surface area contributed by atoms with Gasteiger partial charge in [0.1, 0.15) is 63.2 Å². The Labute approximate surface area is 553 Å². The van der Waals surface area contributed by atoms with E-state index in [-0.39, 0.29) is 164 Å². The molecule has 0 amide bonds. The number of aromatic nitrogens is 6. The van der Waals surface area contributed by atoms with E-state index in [9.17, 15) is 57.0 Å². The Morgan fingerprint density at radius 1 is 0.475 bits per heavy atom. The molecule has 0 saturated carbocycles. The van der Waals surface area contributed by atoms with Crippen LogP contribution in [0.25, 0.3) is 10.8 Å². The van der Waals surface area contributed by atoms with Gasteiger partial charge in [-0.15, -0.1) is 20.5 Å². The van der Waals surface area contributed by atoms with Crippen LogP contribution in [0.15, 0.2) is 137 Å². The van der Waals surface area contributed by atoms with E-state index in [2.05, 4.69) is 71.6 Å². The van der Waals surface area contributed by atoms with Gasteiger partial charge in [-0.25, -0.2) is 33.7 Å². The second-order valence-corrected chi connectivity index (χ2v) is 21.6. The maximum atomic E-state index is 12.7. The number of halogens is 2. The Hall–Kier alpha value is -4.18. The molecule has 38 heteroatoms. The maximum absolute atomic E-state index is 12.7. The van der Waals surface area contributed by atoms with E-state index in [1.807, 2.05) is 13.0 Å². The van der Waals surface area contributed by atoms with Crippen LogP contribution in [0, 0.1) is 13.8 Å². The monoisotopic (exact) mass is 1240 g/mol. The molecule has 2 aromatic heterocycles. The molecule has 0 aliphatic rings. The van der Waals surface area contributed by atoms with E-state index in [4.69, 9.17) is 28.9 Å². The average molecular weight is 1240 g/mol. The molecular weight excluding hydrogens is 1210 g/mol. The van der Waals surface area contributed by atoms with Gasteiger partial charge in [-0.3, -0.25) is 0 Å². The summed E-state index contributed by atoms with van der Waals surface area (Å²) in [5.74, 6) is -1.90. The second kappa shape index (κ2) is 27.5. The Morgan fingerprint density at radius 3 is 1.20 bits per heavy atom. The summed E-state index contributed by atoms with van der Waals surface area (Å²) < 4.78 is 151. The normalized spacial score (nSPS) is 11.8. The van der Waals surface area contributed by atoms with Gasteiger partial charge < -0.3 is 50.3 Å². The number of aromatic hydroxyl groups is 1. The quantitative estimate of drug-likeness (QED) is 0.0231. The predicted molar refractivity (Wildman–Crippen MR) is 268 cm³/mol. The van der Waals surface area contributed by atoms with E-state index < -0.39 is 105 Å². The molecule has 0 atom stereocenters. The van der Waals surface area contributed by atoms with Crippen LogP contribution in [0.4, 0.5) is 75.0 Å². The van der Waals surface area contributed by atoms with E-state index in [1.54, 1.807) is 49.4 Å². The summed E-state index contributed by atoms with van der Waals surface area (Å²) in [6.45, 7) is 3.61. The zero-order valence-electron chi connectivity index (χ0n) is 42.0.